The Kier molecular flexibility index (Phi) is 10.2. The van der Waals surface area contributed by atoms with Crippen LogP contribution in [-0.4, -0.2) is 50.7 Å². The number of ether oxygens (including phenoxy) is 1. The van der Waals surface area contributed by atoms with Gasteiger partial charge in [0.05, 0.1) is 0 Å². The monoisotopic (exact) mass is 323 g/mol. The second-order valence-electron chi connectivity index (χ2n) is 5.70. The van der Waals surface area contributed by atoms with Crippen LogP contribution in [0.1, 0.15) is 20.8 Å². The van der Waals surface area contributed by atoms with Crippen molar-refractivity contribution in [1.82, 2.24) is 15.5 Å². The zero-order chi connectivity index (χ0) is 17.8. The molecule has 0 radical (unpaired) electrons. The minimum atomic E-state index is -0.529. The maximum Gasteiger partial charge on any atom is 0.410 e. The van der Waals surface area contributed by atoms with Gasteiger partial charge in [-0.1, -0.05) is 26.5 Å². The maximum absolute atomic E-state index is 11.8. The van der Waals surface area contributed by atoms with Crippen LogP contribution in [0.4, 0.5) is 4.79 Å². The van der Waals surface area contributed by atoms with Crippen LogP contribution in [0, 0.1) is 5.92 Å². The lowest BCUT2D eigenvalue weighted by Crippen LogP contribution is -2.39. The molecule has 0 spiro atoms. The molecule has 0 fully saturated rings. The minimum absolute atomic E-state index is 0.0193. The Morgan fingerprint density at radius 2 is 1.96 bits per heavy atom. The van der Waals surface area contributed by atoms with E-state index in [-0.39, 0.29) is 19.1 Å². The largest absolute Gasteiger partial charge is 0.445 e. The van der Waals surface area contributed by atoms with E-state index >= 15 is 0 Å². The molecule has 0 aromatic heterocycles. The second-order valence-corrected chi connectivity index (χ2v) is 5.70. The van der Waals surface area contributed by atoms with Gasteiger partial charge in [0, 0.05) is 26.3 Å². The number of hydrogen-bond donors (Lipinski definition) is 2. The number of likely N-dealkylation sites (N-methyl/N-ethyl adjacent to an activating group) is 2. The summed E-state index contributed by atoms with van der Waals surface area (Å²) in [4.78, 5) is 24.7. The fourth-order valence-electron chi connectivity index (χ4n) is 1.47. The lowest BCUT2D eigenvalue weighted by molar-refractivity contribution is -0.121. The number of amides is 2. The van der Waals surface area contributed by atoms with Gasteiger partial charge in [0.2, 0.25) is 5.91 Å². The fraction of sp³-hybridized carbons (Fsp3) is 0.529. The van der Waals surface area contributed by atoms with Crippen molar-refractivity contribution < 1.29 is 14.3 Å². The molecule has 0 aromatic rings. The predicted octanol–water partition coefficient (Wildman–Crippen LogP) is 2.06. The third kappa shape index (κ3) is 10.2. The molecular weight excluding hydrogens is 294 g/mol. The fourth-order valence-corrected chi connectivity index (χ4v) is 1.47. The van der Waals surface area contributed by atoms with Crippen LogP contribution in [0.2, 0.25) is 0 Å². The molecule has 0 saturated carbocycles. The Morgan fingerprint density at radius 1 is 1.30 bits per heavy atom. The van der Waals surface area contributed by atoms with Crippen molar-refractivity contribution in [3.8, 4) is 0 Å². The van der Waals surface area contributed by atoms with E-state index in [1.54, 1.807) is 13.1 Å². The molecule has 0 aromatic carbocycles. The quantitative estimate of drug-likeness (QED) is 0.637. The highest BCUT2D eigenvalue weighted by Gasteiger charge is 2.14. The first-order chi connectivity index (χ1) is 10.8. The summed E-state index contributed by atoms with van der Waals surface area (Å²) in [5.74, 6) is 0.174. The number of carbonyl (C=O) groups excluding carboxylic acids is 2. The molecular formula is C17H29N3O3. The second kappa shape index (κ2) is 11.3. The molecule has 6 heteroatoms. The van der Waals surface area contributed by atoms with E-state index in [4.69, 9.17) is 4.74 Å². The molecule has 0 aliphatic rings. The summed E-state index contributed by atoms with van der Waals surface area (Å²) in [7, 11) is 3.34. The highest BCUT2D eigenvalue weighted by molar-refractivity contribution is 5.82. The summed E-state index contributed by atoms with van der Waals surface area (Å²) in [6.45, 7) is 10.3. The van der Waals surface area contributed by atoms with Crippen LogP contribution in [0.15, 0.2) is 36.1 Å². The van der Waals surface area contributed by atoms with Gasteiger partial charge in [0.15, 0.2) is 0 Å². The minimum Gasteiger partial charge on any atom is -0.445 e. The Bertz CT molecular complexity index is 468. The van der Waals surface area contributed by atoms with E-state index in [1.165, 1.54) is 11.9 Å². The lowest BCUT2D eigenvalue weighted by atomic mass is 10.2. The van der Waals surface area contributed by atoms with Crippen LogP contribution in [-0.2, 0) is 9.53 Å². The molecule has 130 valence electrons. The average Bonchev–Trinajstić information content (AvgIpc) is 2.51. The van der Waals surface area contributed by atoms with E-state index in [0.29, 0.717) is 12.5 Å². The van der Waals surface area contributed by atoms with Crippen LogP contribution in [0.3, 0.4) is 0 Å². The molecule has 0 rings (SSSR count). The molecule has 23 heavy (non-hydrogen) atoms. The Balaban J connectivity index is 4.27. The lowest BCUT2D eigenvalue weighted by Gasteiger charge is -2.17. The zero-order valence-corrected chi connectivity index (χ0v) is 14.8. The van der Waals surface area contributed by atoms with Gasteiger partial charge in [0.1, 0.15) is 13.2 Å². The SMILES string of the molecule is C=C/C(=C\C=C(/C)COC(=O)N(C)CC(=O)NCC(C)C)NC. The Hall–Kier alpha value is -2.24. The van der Waals surface area contributed by atoms with Crippen molar-refractivity contribution in [3.05, 3.63) is 36.1 Å². The van der Waals surface area contributed by atoms with Gasteiger partial charge in [-0.2, -0.15) is 0 Å². The van der Waals surface area contributed by atoms with Gasteiger partial charge in [-0.25, -0.2) is 4.79 Å². The van der Waals surface area contributed by atoms with Crippen LogP contribution in [0.5, 0.6) is 0 Å². The molecule has 2 amide bonds. The molecule has 6 nitrogen and oxygen atoms in total. The van der Waals surface area contributed by atoms with Gasteiger partial charge in [0.25, 0.3) is 0 Å². The summed E-state index contributed by atoms with van der Waals surface area (Å²) in [5.41, 5.74) is 1.75. The van der Waals surface area contributed by atoms with Gasteiger partial charge >= 0.3 is 6.09 Å². The van der Waals surface area contributed by atoms with E-state index in [9.17, 15) is 9.59 Å². The number of carbonyl (C=O) groups is 2. The summed E-state index contributed by atoms with van der Waals surface area (Å²) in [6, 6.07) is 0. The summed E-state index contributed by atoms with van der Waals surface area (Å²) < 4.78 is 5.15. The van der Waals surface area contributed by atoms with Crippen LogP contribution < -0.4 is 10.6 Å². The smallest absolute Gasteiger partial charge is 0.410 e. The molecule has 0 atom stereocenters. The molecule has 0 bridgehead atoms. The van der Waals surface area contributed by atoms with E-state index in [1.807, 2.05) is 32.9 Å². The third-order valence-electron chi connectivity index (χ3n) is 2.88. The van der Waals surface area contributed by atoms with Crippen molar-refractivity contribution in [2.75, 3.05) is 33.8 Å². The van der Waals surface area contributed by atoms with Crippen molar-refractivity contribution in [3.63, 3.8) is 0 Å². The molecule has 0 aliphatic heterocycles. The Labute approximate surface area is 139 Å². The maximum atomic E-state index is 11.8. The summed E-state index contributed by atoms with van der Waals surface area (Å²) >= 11 is 0. The predicted molar refractivity (Wildman–Crippen MR) is 92.9 cm³/mol. The molecule has 0 unspecified atom stereocenters. The van der Waals surface area contributed by atoms with Crippen LogP contribution >= 0.6 is 0 Å². The molecule has 0 heterocycles. The number of nitrogens with one attached hydrogen (secondary N) is 2. The van der Waals surface area contributed by atoms with Gasteiger partial charge in [-0.3, -0.25) is 4.79 Å². The molecule has 0 aliphatic carbocycles. The zero-order valence-electron chi connectivity index (χ0n) is 14.8. The van der Waals surface area contributed by atoms with Gasteiger partial charge < -0.3 is 20.3 Å². The van der Waals surface area contributed by atoms with E-state index in [0.717, 1.165) is 11.3 Å². The average molecular weight is 323 g/mol. The Morgan fingerprint density at radius 3 is 2.48 bits per heavy atom. The standard InChI is InChI=1S/C17H29N3O3/c1-7-15(18-5)9-8-14(4)12-23-17(22)20(6)11-16(21)19-10-13(2)3/h7-9,13,18H,1,10-12H2,2-6H3,(H,19,21)/b14-8+,15-9+. The van der Waals surface area contributed by atoms with Crippen molar-refractivity contribution in [1.29, 1.82) is 0 Å². The first kappa shape index (κ1) is 20.8. The highest BCUT2D eigenvalue weighted by Crippen LogP contribution is 2.00. The first-order valence-electron chi connectivity index (χ1n) is 7.62. The van der Waals surface area contributed by atoms with Crippen molar-refractivity contribution in [2.24, 2.45) is 5.92 Å². The first-order valence-corrected chi connectivity index (χ1v) is 7.62. The normalized spacial score (nSPS) is 11.9. The van der Waals surface area contributed by atoms with Crippen molar-refractivity contribution in [2.45, 2.75) is 20.8 Å². The van der Waals surface area contributed by atoms with Gasteiger partial charge in [-0.15, -0.1) is 0 Å². The summed E-state index contributed by atoms with van der Waals surface area (Å²) in [6.07, 6.45) is 4.85. The molecule has 2 N–H and O–H groups in total. The number of rotatable bonds is 9. The third-order valence-corrected chi connectivity index (χ3v) is 2.88. The van der Waals surface area contributed by atoms with Crippen molar-refractivity contribution >= 4 is 12.0 Å². The number of nitrogens with zero attached hydrogens (tertiary/aromatic N) is 1. The van der Waals surface area contributed by atoms with E-state index in [2.05, 4.69) is 17.2 Å². The van der Waals surface area contributed by atoms with E-state index < -0.39 is 6.09 Å². The highest BCUT2D eigenvalue weighted by atomic mass is 16.6. The molecule has 0 saturated heterocycles. The number of hydrogen-bond acceptors (Lipinski definition) is 4. The van der Waals surface area contributed by atoms with Gasteiger partial charge in [-0.05, 0) is 30.6 Å². The topological polar surface area (TPSA) is 70.7 Å². The van der Waals surface area contributed by atoms with Crippen LogP contribution in [0.25, 0.3) is 0 Å². The summed E-state index contributed by atoms with van der Waals surface area (Å²) in [5, 5.41) is 5.72. The number of allylic oxidation sites excluding steroid dienone is 3.